The molecule has 0 heterocycles. The molecule has 0 radical (unpaired) electrons. The third kappa shape index (κ3) is 3.85. The van der Waals surface area contributed by atoms with E-state index in [4.69, 9.17) is 9.47 Å². The minimum atomic E-state index is -0.893. The molecule has 0 spiro atoms. The second-order valence-electron chi connectivity index (χ2n) is 6.61. The molecular weight excluding hydrogens is 340 g/mol. The zero-order chi connectivity index (χ0) is 19.6. The molecule has 3 aromatic rings. The monoisotopic (exact) mass is 362 g/mol. The zero-order valence-electron chi connectivity index (χ0n) is 15.9. The molecule has 0 bridgehead atoms. The summed E-state index contributed by atoms with van der Waals surface area (Å²) in [6, 6.07) is 16.7. The number of Topliss-reactive ketones (excluding diaryl/α,β-unsaturated/α-hetero) is 1. The van der Waals surface area contributed by atoms with Crippen LogP contribution in [0.1, 0.15) is 38.8 Å². The quantitative estimate of drug-likeness (QED) is 0.479. The molecule has 0 fully saturated rings. The van der Waals surface area contributed by atoms with E-state index in [-0.39, 0.29) is 5.78 Å². The van der Waals surface area contributed by atoms with Gasteiger partial charge in [-0.2, -0.15) is 0 Å². The fraction of sp³-hybridized carbons (Fsp3) is 0.217. The molecule has 0 aliphatic heterocycles. The Labute approximate surface area is 158 Å². The van der Waals surface area contributed by atoms with E-state index in [9.17, 15) is 9.59 Å². The van der Waals surface area contributed by atoms with E-state index in [1.165, 1.54) is 7.11 Å². The van der Waals surface area contributed by atoms with Crippen LogP contribution < -0.4 is 4.74 Å². The van der Waals surface area contributed by atoms with Crippen LogP contribution >= 0.6 is 0 Å². The molecule has 0 saturated heterocycles. The van der Waals surface area contributed by atoms with E-state index in [0.717, 1.165) is 21.9 Å². The number of carbonyl (C=O) groups excluding carboxylic acids is 2. The minimum Gasteiger partial charge on any atom is -0.496 e. The maximum absolute atomic E-state index is 12.7. The van der Waals surface area contributed by atoms with Gasteiger partial charge in [0.25, 0.3) is 0 Å². The maximum atomic E-state index is 12.7. The zero-order valence-corrected chi connectivity index (χ0v) is 15.9. The number of ketones is 1. The third-order valence-corrected chi connectivity index (χ3v) is 4.73. The number of ether oxygens (including phenoxy) is 2. The lowest BCUT2D eigenvalue weighted by Crippen LogP contribution is -2.24. The van der Waals surface area contributed by atoms with Gasteiger partial charge in [-0.25, -0.2) is 4.79 Å². The number of rotatable bonds is 5. The predicted octanol–water partition coefficient (Wildman–Crippen LogP) is 4.89. The van der Waals surface area contributed by atoms with Crippen molar-refractivity contribution in [1.29, 1.82) is 0 Å². The van der Waals surface area contributed by atoms with Crippen LogP contribution in [0.15, 0.2) is 54.6 Å². The van der Waals surface area contributed by atoms with Crippen LogP contribution in [-0.4, -0.2) is 25.0 Å². The molecule has 0 aliphatic carbocycles. The highest BCUT2D eigenvalue weighted by atomic mass is 16.5. The smallest absolute Gasteiger partial charge is 0.342 e. The molecular formula is C23H22O4. The number of benzene rings is 3. The number of aryl methyl sites for hydroxylation is 2. The molecule has 3 aromatic carbocycles. The standard InChI is InChI=1S/C23H22O4/c1-14-9-10-19(11-15(14)2)22(24)16(3)27-23(25)20-12-17-7-5-6-8-18(17)13-21(20)26-4/h5-13,16H,1-4H3/t16-/m1/s1. The Morgan fingerprint density at radius 1 is 0.889 bits per heavy atom. The number of fused-ring (bicyclic) bond motifs is 1. The number of hydrogen-bond acceptors (Lipinski definition) is 4. The number of hydrogen-bond donors (Lipinski definition) is 0. The fourth-order valence-corrected chi connectivity index (χ4v) is 2.95. The van der Waals surface area contributed by atoms with Gasteiger partial charge >= 0.3 is 5.97 Å². The molecule has 0 saturated carbocycles. The summed E-state index contributed by atoms with van der Waals surface area (Å²) in [5.41, 5.74) is 2.97. The van der Waals surface area contributed by atoms with Gasteiger partial charge in [0.15, 0.2) is 6.10 Å². The van der Waals surface area contributed by atoms with Gasteiger partial charge in [-0.3, -0.25) is 4.79 Å². The van der Waals surface area contributed by atoms with Crippen molar-refractivity contribution in [3.8, 4) is 5.75 Å². The Morgan fingerprint density at radius 3 is 2.19 bits per heavy atom. The van der Waals surface area contributed by atoms with Crippen LogP contribution in [0.3, 0.4) is 0 Å². The van der Waals surface area contributed by atoms with Crippen LogP contribution in [0.4, 0.5) is 0 Å². The van der Waals surface area contributed by atoms with Gasteiger partial charge in [0.1, 0.15) is 11.3 Å². The number of methoxy groups -OCH3 is 1. The number of carbonyl (C=O) groups is 2. The van der Waals surface area contributed by atoms with Crippen LogP contribution in [0.5, 0.6) is 5.75 Å². The molecule has 27 heavy (non-hydrogen) atoms. The Bertz CT molecular complexity index is 1020. The Kier molecular flexibility index (Phi) is 5.26. The molecule has 0 unspecified atom stereocenters. The first-order valence-corrected chi connectivity index (χ1v) is 8.80. The molecule has 0 aromatic heterocycles. The predicted molar refractivity (Wildman–Crippen MR) is 106 cm³/mol. The van der Waals surface area contributed by atoms with Crippen molar-refractivity contribution in [3.05, 3.63) is 76.9 Å². The van der Waals surface area contributed by atoms with Gasteiger partial charge in [-0.1, -0.05) is 36.4 Å². The summed E-state index contributed by atoms with van der Waals surface area (Å²) in [6.07, 6.45) is -0.893. The van der Waals surface area contributed by atoms with Crippen LogP contribution in [-0.2, 0) is 4.74 Å². The van der Waals surface area contributed by atoms with Crippen molar-refractivity contribution in [2.75, 3.05) is 7.11 Å². The van der Waals surface area contributed by atoms with E-state index in [0.29, 0.717) is 16.9 Å². The lowest BCUT2D eigenvalue weighted by molar-refractivity contribution is 0.0316. The van der Waals surface area contributed by atoms with Gasteiger partial charge in [0.2, 0.25) is 5.78 Å². The molecule has 0 aliphatic rings. The largest absolute Gasteiger partial charge is 0.496 e. The second-order valence-corrected chi connectivity index (χ2v) is 6.61. The summed E-state index contributed by atoms with van der Waals surface area (Å²) >= 11 is 0. The van der Waals surface area contributed by atoms with Gasteiger partial charge in [-0.05, 0) is 60.9 Å². The first-order chi connectivity index (χ1) is 12.9. The summed E-state index contributed by atoms with van der Waals surface area (Å²) in [5, 5.41) is 1.86. The SMILES string of the molecule is COc1cc2ccccc2cc1C(=O)O[C@H](C)C(=O)c1ccc(C)c(C)c1. The summed E-state index contributed by atoms with van der Waals surface area (Å²) in [7, 11) is 1.50. The van der Waals surface area contributed by atoms with Crippen LogP contribution in [0, 0.1) is 13.8 Å². The normalized spacial score (nSPS) is 11.9. The Hall–Kier alpha value is -3.14. The van der Waals surface area contributed by atoms with Crippen molar-refractivity contribution >= 4 is 22.5 Å². The maximum Gasteiger partial charge on any atom is 0.342 e. The van der Waals surface area contributed by atoms with E-state index < -0.39 is 12.1 Å². The highest BCUT2D eigenvalue weighted by Crippen LogP contribution is 2.27. The first kappa shape index (κ1) is 18.6. The molecule has 4 heteroatoms. The lowest BCUT2D eigenvalue weighted by Gasteiger charge is -2.15. The molecule has 3 rings (SSSR count). The average Bonchev–Trinajstić information content (AvgIpc) is 2.68. The molecule has 1 atom stereocenters. The van der Waals surface area contributed by atoms with Gasteiger partial charge in [-0.15, -0.1) is 0 Å². The summed E-state index contributed by atoms with van der Waals surface area (Å²) < 4.78 is 10.8. The molecule has 0 N–H and O–H groups in total. The van der Waals surface area contributed by atoms with Gasteiger partial charge < -0.3 is 9.47 Å². The van der Waals surface area contributed by atoms with Crippen molar-refractivity contribution in [3.63, 3.8) is 0 Å². The van der Waals surface area contributed by atoms with Crippen LogP contribution in [0.2, 0.25) is 0 Å². The van der Waals surface area contributed by atoms with E-state index in [1.54, 1.807) is 25.1 Å². The Balaban J connectivity index is 1.84. The van der Waals surface area contributed by atoms with Crippen molar-refractivity contribution in [2.45, 2.75) is 26.9 Å². The molecule has 0 amide bonds. The van der Waals surface area contributed by atoms with E-state index in [2.05, 4.69) is 0 Å². The average molecular weight is 362 g/mol. The Morgan fingerprint density at radius 2 is 1.56 bits per heavy atom. The van der Waals surface area contributed by atoms with E-state index in [1.807, 2.05) is 50.2 Å². The first-order valence-electron chi connectivity index (χ1n) is 8.80. The highest BCUT2D eigenvalue weighted by Gasteiger charge is 2.23. The third-order valence-electron chi connectivity index (χ3n) is 4.73. The topological polar surface area (TPSA) is 52.6 Å². The lowest BCUT2D eigenvalue weighted by atomic mass is 10.0. The highest BCUT2D eigenvalue weighted by molar-refractivity contribution is 6.03. The van der Waals surface area contributed by atoms with Gasteiger partial charge in [0.05, 0.1) is 7.11 Å². The molecule has 4 nitrogen and oxygen atoms in total. The minimum absolute atomic E-state index is 0.230. The summed E-state index contributed by atoms with van der Waals surface area (Å²) in [4.78, 5) is 25.3. The fourth-order valence-electron chi connectivity index (χ4n) is 2.95. The van der Waals surface area contributed by atoms with Crippen molar-refractivity contribution in [2.24, 2.45) is 0 Å². The second kappa shape index (κ2) is 7.62. The summed E-state index contributed by atoms with van der Waals surface area (Å²) in [5.74, 6) is -0.391. The van der Waals surface area contributed by atoms with Crippen molar-refractivity contribution in [1.82, 2.24) is 0 Å². The number of esters is 1. The van der Waals surface area contributed by atoms with Crippen molar-refractivity contribution < 1.29 is 19.1 Å². The van der Waals surface area contributed by atoms with E-state index >= 15 is 0 Å². The van der Waals surface area contributed by atoms with Crippen LogP contribution in [0.25, 0.3) is 10.8 Å². The summed E-state index contributed by atoms with van der Waals surface area (Å²) in [6.45, 7) is 5.52. The van der Waals surface area contributed by atoms with Gasteiger partial charge in [0, 0.05) is 5.56 Å². The molecule has 138 valence electrons.